The fourth-order valence-corrected chi connectivity index (χ4v) is 4.94. The molecule has 1 atom stereocenters. The van der Waals surface area contributed by atoms with Gasteiger partial charge in [0, 0.05) is 31.7 Å². The Labute approximate surface area is 147 Å². The van der Waals surface area contributed by atoms with Crippen molar-refractivity contribution in [2.75, 3.05) is 26.2 Å². The zero-order chi connectivity index (χ0) is 18.0. The molecule has 1 unspecified atom stereocenters. The van der Waals surface area contributed by atoms with E-state index >= 15 is 0 Å². The van der Waals surface area contributed by atoms with Gasteiger partial charge in [0.25, 0.3) is 5.91 Å². The van der Waals surface area contributed by atoms with Crippen molar-refractivity contribution in [3.63, 3.8) is 0 Å². The number of rotatable bonds is 4. The quantitative estimate of drug-likeness (QED) is 0.869. The SMILES string of the molecule is O=C(O)C1CCN(C(=O)c2cccc(S(=O)(=O)N3CCCCC3)c2)C1. The molecule has 2 aliphatic heterocycles. The highest BCUT2D eigenvalue weighted by Gasteiger charge is 2.32. The van der Waals surface area contributed by atoms with Crippen molar-refractivity contribution in [1.82, 2.24) is 9.21 Å². The summed E-state index contributed by atoms with van der Waals surface area (Å²) in [6.45, 7) is 1.55. The lowest BCUT2D eigenvalue weighted by atomic mass is 10.1. The number of hydrogen-bond donors (Lipinski definition) is 1. The fraction of sp³-hybridized carbons (Fsp3) is 0.529. The number of nitrogens with zero attached hydrogens (tertiary/aromatic N) is 2. The topological polar surface area (TPSA) is 95.0 Å². The van der Waals surface area contributed by atoms with Crippen LogP contribution in [-0.2, 0) is 14.8 Å². The summed E-state index contributed by atoms with van der Waals surface area (Å²) in [6, 6.07) is 6.05. The minimum Gasteiger partial charge on any atom is -0.481 e. The molecule has 0 aromatic heterocycles. The number of carboxylic acids is 1. The van der Waals surface area contributed by atoms with E-state index in [0.29, 0.717) is 26.1 Å². The number of benzene rings is 1. The van der Waals surface area contributed by atoms with Crippen LogP contribution in [0.1, 0.15) is 36.0 Å². The monoisotopic (exact) mass is 366 g/mol. The summed E-state index contributed by atoms with van der Waals surface area (Å²) < 4.78 is 27.0. The highest BCUT2D eigenvalue weighted by Crippen LogP contribution is 2.23. The lowest BCUT2D eigenvalue weighted by Gasteiger charge is -2.26. The van der Waals surface area contributed by atoms with Crippen LogP contribution in [0.3, 0.4) is 0 Å². The lowest BCUT2D eigenvalue weighted by molar-refractivity contribution is -0.141. The van der Waals surface area contributed by atoms with E-state index in [4.69, 9.17) is 5.11 Å². The largest absolute Gasteiger partial charge is 0.481 e. The van der Waals surface area contributed by atoms with Crippen LogP contribution < -0.4 is 0 Å². The lowest BCUT2D eigenvalue weighted by Crippen LogP contribution is -2.36. The number of piperidine rings is 1. The standard InChI is InChI=1S/C17H22N2O5S/c20-16(18-10-7-14(12-18)17(21)22)13-5-4-6-15(11-13)25(23,24)19-8-2-1-3-9-19/h4-6,11,14H,1-3,7-10,12H2,(H,21,22). The van der Waals surface area contributed by atoms with E-state index < -0.39 is 21.9 Å². The van der Waals surface area contributed by atoms with Gasteiger partial charge in [-0.15, -0.1) is 0 Å². The average Bonchev–Trinajstić information content (AvgIpc) is 3.12. The van der Waals surface area contributed by atoms with Crippen LogP contribution in [0.5, 0.6) is 0 Å². The van der Waals surface area contributed by atoms with E-state index in [9.17, 15) is 18.0 Å². The normalized spacial score (nSPS) is 22.1. The van der Waals surface area contributed by atoms with Gasteiger partial charge in [-0.3, -0.25) is 9.59 Å². The first-order valence-electron chi connectivity index (χ1n) is 8.52. The Kier molecular flexibility index (Phi) is 5.10. The average molecular weight is 366 g/mol. The van der Waals surface area contributed by atoms with Gasteiger partial charge in [0.2, 0.25) is 10.0 Å². The summed E-state index contributed by atoms with van der Waals surface area (Å²) >= 11 is 0. The second-order valence-corrected chi connectivity index (χ2v) is 8.51. The molecule has 2 aliphatic rings. The van der Waals surface area contributed by atoms with E-state index in [2.05, 4.69) is 0 Å². The first kappa shape index (κ1) is 17.9. The highest BCUT2D eigenvalue weighted by molar-refractivity contribution is 7.89. The molecule has 0 radical (unpaired) electrons. The molecule has 8 heteroatoms. The predicted molar refractivity (Wildman–Crippen MR) is 90.7 cm³/mol. The zero-order valence-corrected chi connectivity index (χ0v) is 14.7. The summed E-state index contributed by atoms with van der Waals surface area (Å²) in [6.07, 6.45) is 3.15. The van der Waals surface area contributed by atoms with E-state index in [-0.39, 0.29) is 22.9 Å². The van der Waals surface area contributed by atoms with Crippen LogP contribution in [0.2, 0.25) is 0 Å². The molecule has 2 saturated heterocycles. The van der Waals surface area contributed by atoms with E-state index in [1.165, 1.54) is 21.3 Å². The number of sulfonamides is 1. The van der Waals surface area contributed by atoms with Crippen LogP contribution >= 0.6 is 0 Å². The number of aliphatic carboxylic acids is 1. The number of likely N-dealkylation sites (tertiary alicyclic amines) is 1. The summed E-state index contributed by atoms with van der Waals surface area (Å²) in [5.74, 6) is -1.78. The number of carbonyl (C=O) groups excluding carboxylic acids is 1. The van der Waals surface area contributed by atoms with Crippen LogP contribution in [0.15, 0.2) is 29.2 Å². The molecule has 0 saturated carbocycles. The summed E-state index contributed by atoms with van der Waals surface area (Å²) in [5.41, 5.74) is 0.282. The summed E-state index contributed by atoms with van der Waals surface area (Å²) in [7, 11) is -3.60. The number of amides is 1. The Morgan fingerprint density at radius 3 is 2.44 bits per heavy atom. The third kappa shape index (κ3) is 3.69. The molecule has 7 nitrogen and oxygen atoms in total. The molecule has 3 rings (SSSR count). The van der Waals surface area contributed by atoms with Crippen LogP contribution in [-0.4, -0.2) is 60.8 Å². The smallest absolute Gasteiger partial charge is 0.308 e. The fourth-order valence-electron chi connectivity index (χ4n) is 3.37. The Morgan fingerprint density at radius 1 is 1.08 bits per heavy atom. The van der Waals surface area contributed by atoms with Crippen molar-refractivity contribution in [3.05, 3.63) is 29.8 Å². The first-order chi connectivity index (χ1) is 11.9. The Hall–Kier alpha value is -1.93. The second kappa shape index (κ2) is 7.13. The zero-order valence-electron chi connectivity index (χ0n) is 13.9. The van der Waals surface area contributed by atoms with Gasteiger partial charge in [0.15, 0.2) is 0 Å². The molecule has 0 bridgehead atoms. The molecule has 1 N–H and O–H groups in total. The molecule has 1 amide bonds. The van der Waals surface area contributed by atoms with Crippen molar-refractivity contribution in [2.24, 2.45) is 5.92 Å². The first-order valence-corrected chi connectivity index (χ1v) is 9.96. The third-order valence-corrected chi connectivity index (χ3v) is 6.75. The maximum atomic E-state index is 12.7. The molecule has 0 aliphatic carbocycles. The van der Waals surface area contributed by atoms with Gasteiger partial charge >= 0.3 is 5.97 Å². The molecule has 2 fully saturated rings. The maximum Gasteiger partial charge on any atom is 0.308 e. The van der Waals surface area contributed by atoms with E-state index in [1.54, 1.807) is 12.1 Å². The summed E-state index contributed by atoms with van der Waals surface area (Å²) in [4.78, 5) is 25.2. The van der Waals surface area contributed by atoms with Crippen molar-refractivity contribution < 1.29 is 23.1 Å². The van der Waals surface area contributed by atoms with Gasteiger partial charge in [-0.25, -0.2) is 8.42 Å². The van der Waals surface area contributed by atoms with Gasteiger partial charge in [0.1, 0.15) is 0 Å². The van der Waals surface area contributed by atoms with Gasteiger partial charge < -0.3 is 10.0 Å². The van der Waals surface area contributed by atoms with E-state index in [1.807, 2.05) is 0 Å². The van der Waals surface area contributed by atoms with Crippen molar-refractivity contribution in [3.8, 4) is 0 Å². The number of hydrogen-bond acceptors (Lipinski definition) is 4. The molecular weight excluding hydrogens is 344 g/mol. The minimum atomic E-state index is -3.60. The van der Waals surface area contributed by atoms with Crippen LogP contribution in [0.25, 0.3) is 0 Å². The van der Waals surface area contributed by atoms with Crippen molar-refractivity contribution >= 4 is 21.9 Å². The van der Waals surface area contributed by atoms with Crippen molar-refractivity contribution in [2.45, 2.75) is 30.6 Å². The Balaban J connectivity index is 1.79. The predicted octanol–water partition coefficient (Wildman–Crippen LogP) is 1.41. The molecule has 2 heterocycles. The summed E-state index contributed by atoms with van der Waals surface area (Å²) in [5, 5.41) is 9.06. The number of carboxylic acid groups (broad SMARTS) is 1. The highest BCUT2D eigenvalue weighted by atomic mass is 32.2. The molecular formula is C17H22N2O5S. The molecule has 25 heavy (non-hydrogen) atoms. The van der Waals surface area contributed by atoms with Gasteiger partial charge in [-0.1, -0.05) is 12.5 Å². The van der Waals surface area contributed by atoms with Gasteiger partial charge in [0.05, 0.1) is 10.8 Å². The molecule has 1 aromatic rings. The molecule has 1 aromatic carbocycles. The van der Waals surface area contributed by atoms with Gasteiger partial charge in [-0.2, -0.15) is 4.31 Å². The minimum absolute atomic E-state index is 0.120. The van der Waals surface area contributed by atoms with Crippen molar-refractivity contribution in [1.29, 1.82) is 0 Å². The Bertz CT molecular complexity index is 771. The van der Waals surface area contributed by atoms with Crippen LogP contribution in [0, 0.1) is 5.92 Å². The van der Waals surface area contributed by atoms with Gasteiger partial charge in [-0.05, 0) is 37.5 Å². The molecule has 136 valence electrons. The van der Waals surface area contributed by atoms with E-state index in [0.717, 1.165) is 19.3 Å². The Morgan fingerprint density at radius 2 is 1.80 bits per heavy atom. The number of carbonyl (C=O) groups is 2. The maximum absolute atomic E-state index is 12.7. The second-order valence-electron chi connectivity index (χ2n) is 6.57. The third-order valence-electron chi connectivity index (χ3n) is 4.86. The van der Waals surface area contributed by atoms with Crippen LogP contribution in [0.4, 0.5) is 0 Å². The molecule has 0 spiro atoms.